The molecule has 68 valence electrons. The van der Waals surface area contributed by atoms with Gasteiger partial charge < -0.3 is 30.6 Å². The molecule has 1 heterocycles. The molecule has 0 aromatic carbocycles. The molecule has 0 amide bonds. The average Bonchev–Trinajstić information content (AvgIpc) is 1.93. The Hall–Kier alpha value is -0.240. The Balaban J connectivity index is 0.000001000. The van der Waals surface area contributed by atoms with Crippen LogP contribution in [0.15, 0.2) is 0 Å². The van der Waals surface area contributed by atoms with Crippen LogP contribution in [0.5, 0.6) is 0 Å². The standard InChI is InChI=1S/C5H10O5.H2O/c6-2-1-10-5(9)4(8)3(2)7;/h2-9H,1H2;1H2/t2-,3+,4-,5?;/m1./s1. The van der Waals surface area contributed by atoms with Gasteiger partial charge in [0, 0.05) is 0 Å². The van der Waals surface area contributed by atoms with Crippen molar-refractivity contribution in [2.75, 3.05) is 6.61 Å². The molecule has 1 fully saturated rings. The van der Waals surface area contributed by atoms with Gasteiger partial charge in [0.05, 0.1) is 6.61 Å². The predicted octanol–water partition coefficient (Wildman–Crippen LogP) is -3.41. The smallest absolute Gasteiger partial charge is 0.183 e. The molecule has 0 aromatic rings. The van der Waals surface area contributed by atoms with Crippen LogP contribution in [-0.2, 0) is 4.74 Å². The molecule has 0 aliphatic carbocycles. The van der Waals surface area contributed by atoms with Crippen LogP contribution in [-0.4, -0.2) is 57.1 Å². The van der Waals surface area contributed by atoms with Crippen LogP contribution in [0, 0.1) is 0 Å². The lowest BCUT2D eigenvalue weighted by Gasteiger charge is -2.31. The first-order valence-electron chi connectivity index (χ1n) is 2.97. The van der Waals surface area contributed by atoms with Crippen LogP contribution < -0.4 is 0 Å². The number of aliphatic hydroxyl groups excluding tert-OH is 4. The van der Waals surface area contributed by atoms with Gasteiger partial charge in [-0.2, -0.15) is 0 Å². The van der Waals surface area contributed by atoms with Crippen molar-refractivity contribution in [3.63, 3.8) is 0 Å². The van der Waals surface area contributed by atoms with Gasteiger partial charge in [0.1, 0.15) is 18.3 Å². The summed E-state index contributed by atoms with van der Waals surface area (Å²) in [5, 5.41) is 35.3. The molecule has 6 N–H and O–H groups in total. The van der Waals surface area contributed by atoms with E-state index in [9.17, 15) is 0 Å². The van der Waals surface area contributed by atoms with Crippen LogP contribution in [0.3, 0.4) is 0 Å². The van der Waals surface area contributed by atoms with Crippen molar-refractivity contribution in [2.24, 2.45) is 0 Å². The second-order valence-corrected chi connectivity index (χ2v) is 2.27. The van der Waals surface area contributed by atoms with E-state index in [4.69, 9.17) is 20.4 Å². The molecule has 6 heteroatoms. The third kappa shape index (κ3) is 2.09. The first kappa shape index (κ1) is 10.8. The summed E-state index contributed by atoms with van der Waals surface area (Å²) < 4.78 is 4.47. The summed E-state index contributed by atoms with van der Waals surface area (Å²) in [6.45, 7) is -0.153. The number of ether oxygens (including phenoxy) is 1. The van der Waals surface area contributed by atoms with Crippen molar-refractivity contribution in [3.8, 4) is 0 Å². The van der Waals surface area contributed by atoms with Crippen molar-refractivity contribution < 1.29 is 30.6 Å². The fourth-order valence-corrected chi connectivity index (χ4v) is 0.791. The second kappa shape index (κ2) is 3.96. The van der Waals surface area contributed by atoms with E-state index in [-0.39, 0.29) is 12.1 Å². The number of hydrogen-bond donors (Lipinski definition) is 4. The van der Waals surface area contributed by atoms with Crippen molar-refractivity contribution in [3.05, 3.63) is 0 Å². The minimum atomic E-state index is -1.41. The van der Waals surface area contributed by atoms with Crippen molar-refractivity contribution in [1.29, 1.82) is 0 Å². The molecule has 0 saturated carbocycles. The molecule has 0 radical (unpaired) electrons. The fraction of sp³-hybridized carbons (Fsp3) is 1.00. The Morgan fingerprint density at radius 1 is 1.00 bits per heavy atom. The maximum Gasteiger partial charge on any atom is 0.183 e. The second-order valence-electron chi connectivity index (χ2n) is 2.27. The lowest BCUT2D eigenvalue weighted by molar-refractivity contribution is -0.252. The van der Waals surface area contributed by atoms with E-state index in [0.29, 0.717) is 0 Å². The van der Waals surface area contributed by atoms with Gasteiger partial charge in [0.15, 0.2) is 6.29 Å². The van der Waals surface area contributed by atoms with Crippen molar-refractivity contribution >= 4 is 0 Å². The van der Waals surface area contributed by atoms with Crippen LogP contribution >= 0.6 is 0 Å². The Morgan fingerprint density at radius 3 is 2.00 bits per heavy atom. The van der Waals surface area contributed by atoms with Crippen LogP contribution in [0.2, 0.25) is 0 Å². The lowest BCUT2D eigenvalue weighted by Crippen LogP contribution is -2.52. The molecule has 1 aliphatic rings. The van der Waals surface area contributed by atoms with Gasteiger partial charge >= 0.3 is 0 Å². The van der Waals surface area contributed by atoms with Gasteiger partial charge in [-0.25, -0.2) is 0 Å². The van der Waals surface area contributed by atoms with Crippen molar-refractivity contribution in [2.45, 2.75) is 24.6 Å². The molecule has 0 bridgehead atoms. The highest BCUT2D eigenvalue weighted by molar-refractivity contribution is 4.81. The molecule has 4 atom stereocenters. The third-order valence-electron chi connectivity index (χ3n) is 1.47. The summed E-state index contributed by atoms with van der Waals surface area (Å²) in [6, 6.07) is 0. The van der Waals surface area contributed by atoms with Crippen LogP contribution in [0.25, 0.3) is 0 Å². The van der Waals surface area contributed by atoms with E-state index < -0.39 is 24.6 Å². The fourth-order valence-electron chi connectivity index (χ4n) is 0.791. The van der Waals surface area contributed by atoms with E-state index in [2.05, 4.69) is 4.74 Å². The zero-order valence-electron chi connectivity index (χ0n) is 5.71. The number of rotatable bonds is 0. The monoisotopic (exact) mass is 168 g/mol. The zero-order valence-corrected chi connectivity index (χ0v) is 5.71. The minimum Gasteiger partial charge on any atom is -0.412 e. The Labute approximate surface area is 63.0 Å². The Bertz CT molecular complexity index is 104. The molecule has 1 rings (SSSR count). The molecule has 11 heavy (non-hydrogen) atoms. The van der Waals surface area contributed by atoms with Gasteiger partial charge in [-0.05, 0) is 0 Å². The first-order chi connectivity index (χ1) is 4.63. The van der Waals surface area contributed by atoms with Gasteiger partial charge in [-0.15, -0.1) is 0 Å². The number of hydrogen-bond acceptors (Lipinski definition) is 5. The van der Waals surface area contributed by atoms with Crippen LogP contribution in [0.4, 0.5) is 0 Å². The molecule has 0 spiro atoms. The van der Waals surface area contributed by atoms with Gasteiger partial charge in [-0.3, -0.25) is 0 Å². The summed E-state index contributed by atoms with van der Waals surface area (Å²) in [5.74, 6) is 0. The van der Waals surface area contributed by atoms with Crippen LogP contribution in [0.1, 0.15) is 0 Å². The SMILES string of the molecule is O.OC1OC[C@@H](O)[C@H](O)[C@H]1O. The molecule has 1 unspecified atom stereocenters. The summed E-state index contributed by atoms with van der Waals surface area (Å²) >= 11 is 0. The van der Waals surface area contributed by atoms with Gasteiger partial charge in [0.2, 0.25) is 0 Å². The zero-order chi connectivity index (χ0) is 7.72. The van der Waals surface area contributed by atoms with E-state index >= 15 is 0 Å². The number of aliphatic hydroxyl groups is 4. The van der Waals surface area contributed by atoms with Gasteiger partial charge in [0.25, 0.3) is 0 Å². The summed E-state index contributed by atoms with van der Waals surface area (Å²) in [7, 11) is 0. The quantitative estimate of drug-likeness (QED) is 0.300. The maximum atomic E-state index is 8.88. The summed E-state index contributed by atoms with van der Waals surface area (Å²) in [5.41, 5.74) is 0. The Morgan fingerprint density at radius 2 is 1.55 bits per heavy atom. The predicted molar refractivity (Wildman–Crippen MR) is 33.6 cm³/mol. The molecular formula is C5H12O6. The average molecular weight is 168 g/mol. The lowest BCUT2D eigenvalue weighted by atomic mass is 10.1. The van der Waals surface area contributed by atoms with Crippen molar-refractivity contribution in [1.82, 2.24) is 0 Å². The van der Waals surface area contributed by atoms with E-state index in [1.807, 2.05) is 0 Å². The summed E-state index contributed by atoms with van der Waals surface area (Å²) in [6.07, 6.45) is -5.23. The summed E-state index contributed by atoms with van der Waals surface area (Å²) in [4.78, 5) is 0. The maximum absolute atomic E-state index is 8.88. The minimum absolute atomic E-state index is 0. The Kier molecular flexibility index (Phi) is 3.87. The third-order valence-corrected chi connectivity index (χ3v) is 1.47. The normalized spacial score (nSPS) is 44.7. The molecule has 1 saturated heterocycles. The largest absolute Gasteiger partial charge is 0.412 e. The molecule has 1 aliphatic heterocycles. The highest BCUT2D eigenvalue weighted by Crippen LogP contribution is 2.12. The topological polar surface area (TPSA) is 122 Å². The molecule has 0 aromatic heterocycles. The molecule has 6 nitrogen and oxygen atoms in total. The van der Waals surface area contributed by atoms with E-state index in [1.165, 1.54) is 0 Å². The highest BCUT2D eigenvalue weighted by atomic mass is 16.6. The van der Waals surface area contributed by atoms with E-state index in [0.717, 1.165) is 0 Å². The molecular weight excluding hydrogens is 156 g/mol. The van der Waals surface area contributed by atoms with E-state index in [1.54, 1.807) is 0 Å². The van der Waals surface area contributed by atoms with Gasteiger partial charge in [-0.1, -0.05) is 0 Å². The highest BCUT2D eigenvalue weighted by Gasteiger charge is 2.36. The first-order valence-corrected chi connectivity index (χ1v) is 2.97.